The Labute approximate surface area is 81.1 Å². The highest BCUT2D eigenvalue weighted by Gasteiger charge is 2.02. The molecule has 1 heterocycles. The molecule has 74 valence electrons. The van der Waals surface area contributed by atoms with Crippen LogP contribution >= 0.6 is 0 Å². The molecule has 0 atom stereocenters. The minimum absolute atomic E-state index is 0.102. The van der Waals surface area contributed by atoms with Crippen LogP contribution in [0.5, 0.6) is 5.75 Å². The normalized spacial score (nSPS) is 9.00. The highest BCUT2D eigenvalue weighted by atomic mass is 16.5. The van der Waals surface area contributed by atoms with Gasteiger partial charge in [-0.3, -0.25) is 4.79 Å². The molecule has 0 aliphatic heterocycles. The van der Waals surface area contributed by atoms with Gasteiger partial charge in [-0.15, -0.1) is 5.92 Å². The van der Waals surface area contributed by atoms with Gasteiger partial charge in [0.1, 0.15) is 25.2 Å². The number of hydrogen-bond acceptors (Lipinski definition) is 4. The van der Waals surface area contributed by atoms with E-state index in [1.807, 2.05) is 0 Å². The third-order valence-electron chi connectivity index (χ3n) is 1.48. The summed E-state index contributed by atoms with van der Waals surface area (Å²) >= 11 is 0. The van der Waals surface area contributed by atoms with E-state index in [0.29, 0.717) is 0 Å². The maximum atomic E-state index is 11.2. The summed E-state index contributed by atoms with van der Waals surface area (Å²) in [7, 11) is 0. The van der Waals surface area contributed by atoms with Crippen molar-refractivity contribution in [3.63, 3.8) is 0 Å². The molecule has 14 heavy (non-hydrogen) atoms. The zero-order chi connectivity index (χ0) is 10.4. The molecule has 0 aromatic carbocycles. The third-order valence-corrected chi connectivity index (χ3v) is 1.48. The van der Waals surface area contributed by atoms with Crippen molar-refractivity contribution in [1.29, 1.82) is 0 Å². The summed E-state index contributed by atoms with van der Waals surface area (Å²) in [5, 5.41) is 8.67. The molecule has 1 aromatic heterocycles. The maximum absolute atomic E-state index is 11.2. The summed E-state index contributed by atoms with van der Waals surface area (Å²) in [5.41, 5.74) is -0.321. The maximum Gasteiger partial charge on any atom is 0.227 e. The van der Waals surface area contributed by atoms with Crippen LogP contribution in [0.1, 0.15) is 12.7 Å². The second kappa shape index (κ2) is 5.10. The van der Waals surface area contributed by atoms with Gasteiger partial charge in [-0.2, -0.15) is 0 Å². The van der Waals surface area contributed by atoms with Crippen LogP contribution in [0, 0.1) is 11.8 Å². The van der Waals surface area contributed by atoms with Crippen LogP contribution < -0.4 is 10.2 Å². The van der Waals surface area contributed by atoms with E-state index in [9.17, 15) is 4.79 Å². The first kappa shape index (κ1) is 10.4. The van der Waals surface area contributed by atoms with E-state index in [0.717, 1.165) is 0 Å². The molecule has 1 N–H and O–H groups in total. The highest BCUT2D eigenvalue weighted by molar-refractivity contribution is 5.18. The van der Waals surface area contributed by atoms with Crippen LogP contribution in [0.15, 0.2) is 21.5 Å². The molecule has 1 rings (SSSR count). The molecule has 0 amide bonds. The summed E-state index contributed by atoms with van der Waals surface area (Å²) in [4.78, 5) is 11.2. The predicted octanol–water partition coefficient (Wildman–Crippen LogP) is 0.534. The van der Waals surface area contributed by atoms with Crippen molar-refractivity contribution in [3.8, 4) is 17.6 Å². The Morgan fingerprint density at radius 1 is 1.64 bits per heavy atom. The molecule has 4 heteroatoms. The number of aliphatic hydroxyl groups excluding tert-OH is 1. The average molecular weight is 194 g/mol. The molecule has 0 aliphatic carbocycles. The Bertz CT molecular complexity index is 408. The Morgan fingerprint density at radius 2 is 2.43 bits per heavy atom. The number of hydrogen-bond donors (Lipinski definition) is 1. The number of aliphatic hydroxyl groups is 1. The Hall–Kier alpha value is -1.73. The molecule has 0 spiro atoms. The molecule has 0 fully saturated rings. The Morgan fingerprint density at radius 3 is 3.00 bits per heavy atom. The van der Waals surface area contributed by atoms with Gasteiger partial charge in [-0.1, -0.05) is 5.92 Å². The first-order valence-corrected chi connectivity index (χ1v) is 4.03. The molecule has 4 nitrogen and oxygen atoms in total. The summed E-state index contributed by atoms with van der Waals surface area (Å²) in [5.74, 6) is 5.60. The van der Waals surface area contributed by atoms with Crippen molar-refractivity contribution in [2.45, 2.75) is 13.5 Å². The van der Waals surface area contributed by atoms with Crippen LogP contribution in [-0.4, -0.2) is 11.7 Å². The lowest BCUT2D eigenvalue weighted by molar-refractivity contribution is 0.239. The summed E-state index contributed by atoms with van der Waals surface area (Å²) < 4.78 is 9.91. The van der Waals surface area contributed by atoms with Crippen molar-refractivity contribution >= 4 is 0 Å². The zero-order valence-electron chi connectivity index (χ0n) is 7.74. The van der Waals surface area contributed by atoms with E-state index < -0.39 is 0 Å². The predicted molar refractivity (Wildman–Crippen MR) is 49.8 cm³/mol. The van der Waals surface area contributed by atoms with Gasteiger partial charge in [-0.05, 0) is 6.92 Å². The largest absolute Gasteiger partial charge is 0.474 e. The van der Waals surface area contributed by atoms with Crippen LogP contribution in [0.3, 0.4) is 0 Å². The monoisotopic (exact) mass is 194 g/mol. The number of ether oxygens (including phenoxy) is 1. The lowest BCUT2D eigenvalue weighted by Gasteiger charge is -2.00. The first-order chi connectivity index (χ1) is 6.77. The van der Waals surface area contributed by atoms with E-state index in [-0.39, 0.29) is 30.2 Å². The molecule has 0 aliphatic rings. The lowest BCUT2D eigenvalue weighted by Crippen LogP contribution is -2.08. The fraction of sp³-hybridized carbons (Fsp3) is 0.300. The smallest absolute Gasteiger partial charge is 0.227 e. The van der Waals surface area contributed by atoms with Gasteiger partial charge >= 0.3 is 0 Å². The summed E-state index contributed by atoms with van der Waals surface area (Å²) in [6.45, 7) is 1.53. The second-order valence-electron chi connectivity index (χ2n) is 2.45. The number of rotatable bonds is 3. The molecular formula is C10H10O4. The van der Waals surface area contributed by atoms with Gasteiger partial charge in [0, 0.05) is 6.07 Å². The van der Waals surface area contributed by atoms with Gasteiger partial charge in [0.2, 0.25) is 11.2 Å². The second-order valence-corrected chi connectivity index (χ2v) is 2.45. The zero-order valence-corrected chi connectivity index (χ0v) is 7.74. The van der Waals surface area contributed by atoms with Crippen molar-refractivity contribution in [2.75, 3.05) is 6.61 Å². The molecule has 0 saturated carbocycles. The van der Waals surface area contributed by atoms with Gasteiger partial charge in [0.15, 0.2) is 0 Å². The van der Waals surface area contributed by atoms with E-state index in [1.54, 1.807) is 6.92 Å². The molecule has 1 aromatic rings. The van der Waals surface area contributed by atoms with Crippen molar-refractivity contribution in [3.05, 3.63) is 28.3 Å². The van der Waals surface area contributed by atoms with Crippen LogP contribution in [-0.2, 0) is 6.61 Å². The van der Waals surface area contributed by atoms with E-state index >= 15 is 0 Å². The SMILES string of the molecule is CC#CCOc1coc(CO)cc1=O. The molecule has 0 unspecified atom stereocenters. The van der Waals surface area contributed by atoms with Crippen molar-refractivity contribution in [2.24, 2.45) is 0 Å². The topological polar surface area (TPSA) is 59.7 Å². The Kier molecular flexibility index (Phi) is 3.77. The molecule has 0 saturated heterocycles. The molecular weight excluding hydrogens is 184 g/mol. The van der Waals surface area contributed by atoms with Crippen LogP contribution in [0.25, 0.3) is 0 Å². The van der Waals surface area contributed by atoms with E-state index in [2.05, 4.69) is 11.8 Å². The van der Waals surface area contributed by atoms with Gasteiger partial charge in [0.25, 0.3) is 0 Å². The summed E-state index contributed by atoms with van der Waals surface area (Å²) in [6.07, 6.45) is 1.17. The quantitative estimate of drug-likeness (QED) is 0.713. The molecule has 0 bridgehead atoms. The fourth-order valence-corrected chi connectivity index (χ4v) is 0.813. The average Bonchev–Trinajstić information content (AvgIpc) is 2.20. The summed E-state index contributed by atoms with van der Waals surface area (Å²) in [6, 6.07) is 1.19. The van der Waals surface area contributed by atoms with Crippen LogP contribution in [0.2, 0.25) is 0 Å². The van der Waals surface area contributed by atoms with Gasteiger partial charge in [0.05, 0.1) is 0 Å². The third kappa shape index (κ3) is 2.64. The van der Waals surface area contributed by atoms with Crippen LogP contribution in [0.4, 0.5) is 0 Å². The van der Waals surface area contributed by atoms with Crippen molar-refractivity contribution in [1.82, 2.24) is 0 Å². The van der Waals surface area contributed by atoms with Gasteiger partial charge < -0.3 is 14.3 Å². The standard InChI is InChI=1S/C10H10O4/c1-2-3-4-13-10-7-14-8(6-11)5-9(10)12/h5,7,11H,4,6H2,1H3. The van der Waals surface area contributed by atoms with E-state index in [1.165, 1.54) is 12.3 Å². The fourth-order valence-electron chi connectivity index (χ4n) is 0.813. The van der Waals surface area contributed by atoms with E-state index in [4.69, 9.17) is 14.3 Å². The Balaban J connectivity index is 2.77. The molecule has 0 radical (unpaired) electrons. The van der Waals surface area contributed by atoms with Crippen molar-refractivity contribution < 1.29 is 14.3 Å². The lowest BCUT2D eigenvalue weighted by atomic mass is 10.4. The van der Waals surface area contributed by atoms with Gasteiger partial charge in [-0.25, -0.2) is 0 Å². The minimum atomic E-state index is -0.321. The first-order valence-electron chi connectivity index (χ1n) is 4.03. The minimum Gasteiger partial charge on any atom is -0.474 e. The highest BCUT2D eigenvalue weighted by Crippen LogP contribution is 2.05.